The summed E-state index contributed by atoms with van der Waals surface area (Å²) in [5.74, 6) is 0.990. The van der Waals surface area contributed by atoms with Gasteiger partial charge in [0.15, 0.2) is 5.82 Å². The zero-order chi connectivity index (χ0) is 21.5. The Hall–Kier alpha value is -2.91. The quantitative estimate of drug-likeness (QED) is 0.548. The molecule has 0 saturated carbocycles. The van der Waals surface area contributed by atoms with Crippen LogP contribution in [-0.2, 0) is 0 Å². The van der Waals surface area contributed by atoms with Crippen molar-refractivity contribution in [2.75, 3.05) is 11.9 Å². The number of benzene rings is 1. The van der Waals surface area contributed by atoms with E-state index in [1.54, 1.807) is 18.5 Å². The first-order valence-electron chi connectivity index (χ1n) is 10.9. The predicted octanol–water partition coefficient (Wildman–Crippen LogP) is 2.78. The van der Waals surface area contributed by atoms with Crippen molar-refractivity contribution in [1.82, 2.24) is 25.2 Å². The third-order valence-electron chi connectivity index (χ3n) is 6.86. The lowest BCUT2D eigenvalue weighted by Gasteiger charge is -2.43. The Kier molecular flexibility index (Phi) is 5.15. The number of aromatic amines is 1. The van der Waals surface area contributed by atoms with E-state index in [4.69, 9.17) is 0 Å². The van der Waals surface area contributed by atoms with Gasteiger partial charge < -0.3 is 19.8 Å². The van der Waals surface area contributed by atoms with Gasteiger partial charge in [-0.1, -0.05) is 6.07 Å². The van der Waals surface area contributed by atoms with Crippen molar-refractivity contribution >= 4 is 12.9 Å². The third kappa shape index (κ3) is 3.68. The molecule has 1 aromatic carbocycles. The van der Waals surface area contributed by atoms with Crippen molar-refractivity contribution in [1.29, 1.82) is 0 Å². The minimum absolute atomic E-state index is 0.163. The number of phenols is 1. The molecular weight excluding hydrogens is 391 g/mol. The van der Waals surface area contributed by atoms with Gasteiger partial charge >= 0.3 is 7.05 Å². The summed E-state index contributed by atoms with van der Waals surface area (Å²) >= 11 is 0. The monoisotopic (exact) mass is 418 g/mol. The fourth-order valence-corrected chi connectivity index (χ4v) is 5.29. The topological polar surface area (TPSA) is 101 Å². The summed E-state index contributed by atoms with van der Waals surface area (Å²) in [5, 5.41) is 36.2. The van der Waals surface area contributed by atoms with Crippen molar-refractivity contribution < 1.29 is 10.1 Å². The molecule has 3 N–H and O–H groups in total. The van der Waals surface area contributed by atoms with Crippen molar-refractivity contribution in [3.8, 4) is 28.1 Å². The van der Waals surface area contributed by atoms with Crippen LogP contribution < -0.4 is 4.90 Å². The van der Waals surface area contributed by atoms with Gasteiger partial charge in [0.1, 0.15) is 5.75 Å². The number of hydrogen-bond acceptors (Lipinski definition) is 7. The van der Waals surface area contributed by atoms with Gasteiger partial charge in [-0.25, -0.2) is 0 Å². The number of aromatic hydroxyl groups is 1. The van der Waals surface area contributed by atoms with Crippen LogP contribution in [0, 0.1) is 0 Å². The lowest BCUT2D eigenvalue weighted by atomic mass is 9.78. The molecule has 1 unspecified atom stereocenters. The molecule has 4 heterocycles. The summed E-state index contributed by atoms with van der Waals surface area (Å²) in [6, 6.07) is 10.6. The highest BCUT2D eigenvalue weighted by atomic mass is 16.3. The minimum Gasteiger partial charge on any atom is -0.507 e. The van der Waals surface area contributed by atoms with Crippen LogP contribution in [-0.4, -0.2) is 67.6 Å². The minimum atomic E-state index is -0.379. The van der Waals surface area contributed by atoms with E-state index >= 15 is 0 Å². The van der Waals surface area contributed by atoms with Gasteiger partial charge in [0.25, 0.3) is 0 Å². The van der Waals surface area contributed by atoms with E-state index in [1.807, 2.05) is 31.1 Å². The molecule has 160 valence electrons. The van der Waals surface area contributed by atoms with Gasteiger partial charge in [-0.15, -0.1) is 10.2 Å². The second-order valence-corrected chi connectivity index (χ2v) is 8.70. The van der Waals surface area contributed by atoms with E-state index < -0.39 is 0 Å². The molecule has 3 atom stereocenters. The van der Waals surface area contributed by atoms with Crippen molar-refractivity contribution in [2.24, 2.45) is 0 Å². The predicted molar refractivity (Wildman–Crippen MR) is 121 cm³/mol. The summed E-state index contributed by atoms with van der Waals surface area (Å²) < 4.78 is 0. The van der Waals surface area contributed by atoms with E-state index in [-0.39, 0.29) is 12.8 Å². The Labute approximate surface area is 182 Å². The van der Waals surface area contributed by atoms with Crippen LogP contribution in [0.4, 0.5) is 5.82 Å². The number of hydrogen-bond donors (Lipinski definition) is 3. The maximum atomic E-state index is 10.5. The second-order valence-electron chi connectivity index (χ2n) is 8.70. The van der Waals surface area contributed by atoms with Crippen molar-refractivity contribution in [2.45, 2.75) is 50.6 Å². The first kappa shape index (κ1) is 20.0. The van der Waals surface area contributed by atoms with E-state index in [0.717, 1.165) is 42.6 Å². The molecule has 3 aromatic rings. The second kappa shape index (κ2) is 7.98. The Morgan fingerprint density at radius 1 is 1.10 bits per heavy atom. The van der Waals surface area contributed by atoms with Crippen LogP contribution in [0.5, 0.6) is 5.75 Å². The normalized spacial score (nSPS) is 23.1. The molecule has 2 fully saturated rings. The van der Waals surface area contributed by atoms with Crippen LogP contribution in [0.15, 0.2) is 42.7 Å². The van der Waals surface area contributed by atoms with Crippen LogP contribution >= 0.6 is 0 Å². The fraction of sp³-hybridized carbons (Fsp3) is 0.409. The van der Waals surface area contributed by atoms with Gasteiger partial charge in [-0.2, -0.15) is 5.10 Å². The third-order valence-corrected chi connectivity index (χ3v) is 6.86. The maximum absolute atomic E-state index is 10.5. The maximum Gasteiger partial charge on any atom is 0.376 e. The number of phenolic OH excluding ortho intramolecular Hbond substituents is 1. The molecule has 0 amide bonds. The smallest absolute Gasteiger partial charge is 0.376 e. The van der Waals surface area contributed by atoms with Gasteiger partial charge in [0.2, 0.25) is 0 Å². The number of anilines is 1. The number of rotatable bonds is 5. The summed E-state index contributed by atoms with van der Waals surface area (Å²) in [7, 11) is 1.69. The molecule has 0 aliphatic carbocycles. The van der Waals surface area contributed by atoms with Crippen molar-refractivity contribution in [3.63, 3.8) is 0 Å². The van der Waals surface area contributed by atoms with E-state index in [2.05, 4.69) is 37.2 Å². The van der Waals surface area contributed by atoms with Crippen LogP contribution in [0.25, 0.3) is 22.4 Å². The van der Waals surface area contributed by atoms with E-state index in [0.29, 0.717) is 29.4 Å². The van der Waals surface area contributed by atoms with Gasteiger partial charge in [-0.3, -0.25) is 5.10 Å². The summed E-state index contributed by atoms with van der Waals surface area (Å²) in [6.45, 7) is 1.87. The standard InChI is InChI=1S/C22H27BN6O2/c1-23(31)29-16-4-5-17(29)11-18(10-16)28(2)22-8-7-20(26-27-22)19-6-3-14(9-21(19)30)15-12-24-25-13-15/h3,6-9,12-13,16-18,30-31H,4-5,10-11H2,1-2H3,(H,24,25)/t16-,17+,18?. The van der Waals surface area contributed by atoms with Crippen LogP contribution in [0.3, 0.4) is 0 Å². The molecule has 0 spiro atoms. The zero-order valence-corrected chi connectivity index (χ0v) is 17.8. The van der Waals surface area contributed by atoms with Gasteiger partial charge in [0.05, 0.1) is 11.9 Å². The molecule has 2 bridgehead atoms. The molecule has 2 aromatic heterocycles. The summed E-state index contributed by atoms with van der Waals surface area (Å²) in [4.78, 5) is 4.48. The fourth-order valence-electron chi connectivity index (χ4n) is 5.29. The summed E-state index contributed by atoms with van der Waals surface area (Å²) in [5.41, 5.74) is 3.09. The molecule has 0 radical (unpaired) electrons. The highest BCUT2D eigenvalue weighted by Crippen LogP contribution is 2.38. The van der Waals surface area contributed by atoms with E-state index in [1.165, 1.54) is 0 Å². The van der Waals surface area contributed by atoms with E-state index in [9.17, 15) is 10.1 Å². The molecule has 2 saturated heterocycles. The highest BCUT2D eigenvalue weighted by molar-refractivity contribution is 6.45. The largest absolute Gasteiger partial charge is 0.507 e. The Morgan fingerprint density at radius 3 is 2.45 bits per heavy atom. The lowest BCUT2D eigenvalue weighted by Crippen LogP contribution is -2.54. The highest BCUT2D eigenvalue weighted by Gasteiger charge is 2.44. The molecule has 5 rings (SSSR count). The van der Waals surface area contributed by atoms with Crippen molar-refractivity contribution in [3.05, 3.63) is 42.7 Å². The molecule has 8 nitrogen and oxygen atoms in total. The number of piperidine rings is 1. The Balaban J connectivity index is 1.31. The number of fused-ring (bicyclic) bond motifs is 2. The number of nitrogens with one attached hydrogen (secondary N) is 1. The Morgan fingerprint density at radius 2 is 1.87 bits per heavy atom. The average molecular weight is 418 g/mol. The molecule has 2 aliphatic heterocycles. The van der Waals surface area contributed by atoms with Gasteiger partial charge in [0, 0.05) is 42.5 Å². The lowest BCUT2D eigenvalue weighted by molar-refractivity contribution is 0.199. The number of H-pyrrole nitrogens is 1. The molecule has 31 heavy (non-hydrogen) atoms. The van der Waals surface area contributed by atoms with Crippen LogP contribution in [0.2, 0.25) is 6.82 Å². The molecule has 2 aliphatic rings. The Bertz CT molecular complexity index is 1030. The summed E-state index contributed by atoms with van der Waals surface area (Å²) in [6.07, 6.45) is 7.86. The van der Waals surface area contributed by atoms with Crippen LogP contribution in [0.1, 0.15) is 25.7 Å². The number of nitrogens with zero attached hydrogens (tertiary/aromatic N) is 5. The first-order chi connectivity index (χ1) is 15.0. The SMILES string of the molecule is CB(O)N1[C@@H]2CC[C@H]1CC(N(C)c1ccc(-c3ccc(-c4cn[nH]c4)cc3O)nn1)C2. The first-order valence-corrected chi connectivity index (χ1v) is 10.9. The van der Waals surface area contributed by atoms with Gasteiger partial charge in [-0.05, 0) is 62.3 Å². The molecular formula is C22H27BN6O2. The average Bonchev–Trinajstić information content (AvgIpc) is 3.40. The molecule has 9 heteroatoms. The number of aromatic nitrogens is 4. The zero-order valence-electron chi connectivity index (χ0n) is 17.8.